The number of carbonyl (C=O) groups is 6. The normalized spacial score (nSPS) is 10.0. The zero-order chi connectivity index (χ0) is 40.4. The van der Waals surface area contributed by atoms with E-state index in [1.165, 1.54) is 37.3 Å². The number of carboxylic acids is 1. The van der Waals surface area contributed by atoms with Crippen LogP contribution < -0.4 is 9.47 Å². The Bertz CT molecular complexity index is 1700. The van der Waals surface area contributed by atoms with E-state index >= 15 is 0 Å². The molecule has 0 spiro atoms. The summed E-state index contributed by atoms with van der Waals surface area (Å²) in [6.45, 7) is -3.80. The highest BCUT2D eigenvalue weighted by atomic mass is 19.3. The van der Waals surface area contributed by atoms with E-state index < -0.39 is 49.0 Å². The summed E-state index contributed by atoms with van der Waals surface area (Å²) in [4.78, 5) is 69.2. The first-order valence-electron chi connectivity index (χ1n) is 14.8. The Morgan fingerprint density at radius 1 is 0.585 bits per heavy atom. The fourth-order valence-corrected chi connectivity index (χ4v) is 4.00. The van der Waals surface area contributed by atoms with Crippen LogP contribution in [-0.4, -0.2) is 106 Å². The van der Waals surface area contributed by atoms with Gasteiger partial charge in [0.05, 0.1) is 56.3 Å². The Balaban J connectivity index is 0.000000401. The highest BCUT2D eigenvalue weighted by molar-refractivity contribution is 5.98. The highest BCUT2D eigenvalue weighted by Gasteiger charge is 2.18. The average molecular weight is 758 g/mol. The second-order valence-corrected chi connectivity index (χ2v) is 10.0. The number of esters is 4. The predicted molar refractivity (Wildman–Crippen MR) is 174 cm³/mol. The van der Waals surface area contributed by atoms with Gasteiger partial charge in [0.25, 0.3) is 5.91 Å². The number of amides is 1. The molecule has 19 heteroatoms. The number of halogens is 4. The molecule has 53 heavy (non-hydrogen) atoms. The number of methoxy groups -OCH3 is 4. The number of ether oxygens (including phenoxy) is 6. The lowest BCUT2D eigenvalue weighted by atomic mass is 10.1. The Morgan fingerprint density at radius 3 is 1.23 bits per heavy atom. The smallest absolute Gasteiger partial charge is 0.387 e. The topological polar surface area (TPSA) is 201 Å². The second kappa shape index (κ2) is 21.7. The quantitative estimate of drug-likeness (QED) is 0.137. The molecule has 0 aliphatic heterocycles. The van der Waals surface area contributed by atoms with E-state index in [0.717, 1.165) is 57.0 Å². The molecule has 3 aromatic rings. The highest BCUT2D eigenvalue weighted by Crippen LogP contribution is 2.22. The zero-order valence-corrected chi connectivity index (χ0v) is 29.0. The van der Waals surface area contributed by atoms with Gasteiger partial charge < -0.3 is 43.5 Å². The van der Waals surface area contributed by atoms with E-state index in [4.69, 9.17) is 5.11 Å². The third-order valence-corrected chi connectivity index (χ3v) is 6.27. The van der Waals surface area contributed by atoms with Crippen molar-refractivity contribution in [3.8, 4) is 17.2 Å². The number of rotatable bonds is 12. The molecule has 0 bridgehead atoms. The van der Waals surface area contributed by atoms with Gasteiger partial charge in [-0.05, 0) is 61.0 Å². The minimum Gasteiger partial charge on any atom is -0.508 e. The Labute approximate surface area is 299 Å². The summed E-state index contributed by atoms with van der Waals surface area (Å²) >= 11 is 0. The van der Waals surface area contributed by atoms with Gasteiger partial charge in [-0.2, -0.15) is 17.6 Å². The summed E-state index contributed by atoms with van der Waals surface area (Å²) in [7, 11) is 6.23. The molecule has 15 nitrogen and oxygen atoms in total. The molecule has 0 radical (unpaired) electrons. The number of nitrogens with zero attached hydrogens (tertiary/aromatic N) is 1. The Kier molecular flexibility index (Phi) is 18.3. The van der Waals surface area contributed by atoms with E-state index in [1.54, 1.807) is 7.05 Å². The van der Waals surface area contributed by atoms with E-state index in [9.17, 15) is 51.4 Å². The number of benzene rings is 3. The molecule has 0 fully saturated rings. The van der Waals surface area contributed by atoms with E-state index in [1.807, 2.05) is 6.92 Å². The molecule has 0 aliphatic rings. The van der Waals surface area contributed by atoms with Crippen LogP contribution in [0.5, 0.6) is 17.2 Å². The van der Waals surface area contributed by atoms with Crippen molar-refractivity contribution in [1.82, 2.24) is 4.90 Å². The third kappa shape index (κ3) is 14.8. The average Bonchev–Trinajstić information content (AvgIpc) is 3.12. The summed E-state index contributed by atoms with van der Waals surface area (Å²) in [5.74, 6) is -5.46. The minimum absolute atomic E-state index is 0.00324. The van der Waals surface area contributed by atoms with Crippen molar-refractivity contribution < 1.29 is 85.0 Å². The number of hydrogen-bond donors (Lipinski definition) is 2. The zero-order valence-electron chi connectivity index (χ0n) is 29.0. The number of hydrogen-bond acceptors (Lipinski definition) is 13. The van der Waals surface area contributed by atoms with Crippen molar-refractivity contribution in [1.29, 1.82) is 0 Å². The third-order valence-electron chi connectivity index (χ3n) is 6.27. The second-order valence-electron chi connectivity index (χ2n) is 10.0. The number of alkyl halides is 4. The SMILES string of the molecule is CCCN(C)C(=O)c1cc(OC(F)F)cc(C(=O)O)c1.COC(=O)c1cc(O)cc(C(=O)OC)c1.COC(=O)c1cc(OC(F)F)cc(C(=O)OC)c1. The molecule has 0 saturated heterocycles. The van der Waals surface area contributed by atoms with Gasteiger partial charge in [-0.1, -0.05) is 6.92 Å². The Morgan fingerprint density at radius 2 is 0.906 bits per heavy atom. The maximum atomic E-state index is 12.2. The fourth-order valence-electron chi connectivity index (χ4n) is 4.00. The van der Waals surface area contributed by atoms with Crippen LogP contribution in [0.2, 0.25) is 0 Å². The molecular formula is C34H35F4NO14. The van der Waals surface area contributed by atoms with Crippen molar-refractivity contribution in [3.63, 3.8) is 0 Å². The lowest BCUT2D eigenvalue weighted by Gasteiger charge is -2.17. The van der Waals surface area contributed by atoms with Crippen molar-refractivity contribution in [2.75, 3.05) is 42.0 Å². The van der Waals surface area contributed by atoms with Gasteiger partial charge in [0.2, 0.25) is 0 Å². The van der Waals surface area contributed by atoms with Crippen LogP contribution in [0.25, 0.3) is 0 Å². The number of carboxylic acid groups (broad SMARTS) is 1. The molecule has 1 amide bonds. The van der Waals surface area contributed by atoms with E-state index in [-0.39, 0.29) is 50.6 Å². The van der Waals surface area contributed by atoms with Crippen molar-refractivity contribution in [2.24, 2.45) is 0 Å². The standard InChI is InChI=1S/C13H15F2NO4.C11H10F2O5.C10H10O5/c1-3-4-16(2)11(17)8-5-9(12(18)19)7-10(6-8)20-13(14)15;1-16-9(14)6-3-7(10(15)17-2)5-8(4-6)18-11(12)13;1-14-9(12)6-3-7(10(13)15-2)5-8(11)4-6/h5-7,13H,3-4H2,1-2H3,(H,18,19);3-5,11H,1-2H3;3-5,11H,1-2H3. The number of aromatic hydroxyl groups is 1. The van der Waals surface area contributed by atoms with Crippen molar-refractivity contribution >= 4 is 35.8 Å². The molecule has 0 heterocycles. The summed E-state index contributed by atoms with van der Waals surface area (Å²) in [5, 5.41) is 18.2. The molecule has 0 aromatic heterocycles. The molecule has 0 saturated carbocycles. The van der Waals surface area contributed by atoms with Crippen LogP contribution >= 0.6 is 0 Å². The van der Waals surface area contributed by atoms with Crippen molar-refractivity contribution in [3.05, 3.63) is 88.0 Å². The summed E-state index contributed by atoms with van der Waals surface area (Å²) in [5.41, 5.74) is -0.268. The minimum atomic E-state index is -3.09. The molecule has 3 rings (SSSR count). The van der Waals surface area contributed by atoms with Crippen LogP contribution in [-0.2, 0) is 18.9 Å². The van der Waals surface area contributed by atoms with Gasteiger partial charge in [-0.3, -0.25) is 4.79 Å². The lowest BCUT2D eigenvalue weighted by Crippen LogP contribution is -2.27. The molecule has 3 aromatic carbocycles. The number of phenols is 1. The van der Waals surface area contributed by atoms with Crippen LogP contribution in [0.3, 0.4) is 0 Å². The summed E-state index contributed by atoms with van der Waals surface area (Å²) in [6, 6.07) is 10.1. The Hall–Kier alpha value is -6.40. The summed E-state index contributed by atoms with van der Waals surface area (Å²) in [6.07, 6.45) is 0.723. The number of aromatic carboxylic acids is 1. The monoisotopic (exact) mass is 757 g/mol. The maximum Gasteiger partial charge on any atom is 0.387 e. The van der Waals surface area contributed by atoms with Gasteiger partial charge in [0.15, 0.2) is 0 Å². The molecule has 0 atom stereocenters. The van der Waals surface area contributed by atoms with Gasteiger partial charge in [-0.15, -0.1) is 0 Å². The van der Waals surface area contributed by atoms with Crippen LogP contribution in [0.4, 0.5) is 17.6 Å². The fraction of sp³-hybridized carbons (Fsp3) is 0.294. The molecule has 288 valence electrons. The van der Waals surface area contributed by atoms with Crippen LogP contribution in [0.15, 0.2) is 54.6 Å². The van der Waals surface area contributed by atoms with E-state index in [0.29, 0.717) is 6.54 Å². The van der Waals surface area contributed by atoms with Crippen LogP contribution in [0.1, 0.15) is 75.5 Å². The summed E-state index contributed by atoms with van der Waals surface area (Å²) < 4.78 is 74.7. The number of phenolic OH excluding ortho intramolecular Hbond substituents is 1. The first kappa shape index (κ1) is 44.6. The number of carbonyl (C=O) groups excluding carboxylic acids is 5. The first-order chi connectivity index (χ1) is 24.9. The molecular weight excluding hydrogens is 722 g/mol. The maximum absolute atomic E-state index is 12.2. The van der Waals surface area contributed by atoms with E-state index in [2.05, 4.69) is 28.4 Å². The van der Waals surface area contributed by atoms with Gasteiger partial charge >= 0.3 is 43.1 Å². The first-order valence-corrected chi connectivity index (χ1v) is 14.8. The molecule has 0 aliphatic carbocycles. The van der Waals surface area contributed by atoms with Gasteiger partial charge in [0.1, 0.15) is 17.2 Å². The lowest BCUT2D eigenvalue weighted by molar-refractivity contribution is -0.0506. The van der Waals surface area contributed by atoms with Gasteiger partial charge in [0, 0.05) is 19.2 Å². The molecule has 0 unspecified atom stereocenters. The van der Waals surface area contributed by atoms with Gasteiger partial charge in [-0.25, -0.2) is 24.0 Å². The predicted octanol–water partition coefficient (Wildman–Crippen LogP) is 5.29. The van der Waals surface area contributed by atoms with Crippen LogP contribution in [0, 0.1) is 0 Å². The largest absolute Gasteiger partial charge is 0.508 e. The molecule has 2 N–H and O–H groups in total. The van der Waals surface area contributed by atoms with Crippen molar-refractivity contribution in [2.45, 2.75) is 26.6 Å².